The first-order valence-electron chi connectivity index (χ1n) is 6.22. The SMILES string of the molecule is O=C(CN1CCCC1=O)Nc1cc(C(F)(F)F)ccc1Cl. The van der Waals surface area contributed by atoms with Crippen LogP contribution in [0.25, 0.3) is 0 Å². The van der Waals surface area contributed by atoms with Crippen LogP contribution in [0.2, 0.25) is 5.02 Å². The lowest BCUT2D eigenvalue weighted by molar-refractivity contribution is -0.137. The van der Waals surface area contributed by atoms with Gasteiger partial charge in [0.1, 0.15) is 0 Å². The summed E-state index contributed by atoms with van der Waals surface area (Å²) in [6, 6.07) is 2.68. The van der Waals surface area contributed by atoms with Gasteiger partial charge in [0, 0.05) is 13.0 Å². The Morgan fingerprint density at radius 1 is 1.38 bits per heavy atom. The van der Waals surface area contributed by atoms with Crippen molar-refractivity contribution in [1.29, 1.82) is 0 Å². The van der Waals surface area contributed by atoms with Gasteiger partial charge in [-0.05, 0) is 24.6 Å². The fourth-order valence-electron chi connectivity index (χ4n) is 2.03. The van der Waals surface area contributed by atoms with Gasteiger partial charge in [0.2, 0.25) is 11.8 Å². The van der Waals surface area contributed by atoms with Gasteiger partial charge in [-0.2, -0.15) is 13.2 Å². The molecular weight excluding hydrogens is 309 g/mol. The molecule has 1 aliphatic rings. The second kappa shape index (κ2) is 5.93. The van der Waals surface area contributed by atoms with Crippen molar-refractivity contribution >= 4 is 29.1 Å². The van der Waals surface area contributed by atoms with E-state index in [0.29, 0.717) is 19.4 Å². The van der Waals surface area contributed by atoms with Crippen LogP contribution in [0.4, 0.5) is 18.9 Å². The van der Waals surface area contributed by atoms with Gasteiger partial charge in [0.25, 0.3) is 0 Å². The van der Waals surface area contributed by atoms with Crippen molar-refractivity contribution in [3.05, 3.63) is 28.8 Å². The molecule has 1 N–H and O–H groups in total. The van der Waals surface area contributed by atoms with Gasteiger partial charge in [-0.1, -0.05) is 11.6 Å². The van der Waals surface area contributed by atoms with Gasteiger partial charge in [-0.3, -0.25) is 9.59 Å². The van der Waals surface area contributed by atoms with E-state index in [1.807, 2.05) is 0 Å². The zero-order chi connectivity index (χ0) is 15.6. The molecular formula is C13H12ClF3N2O2. The third-order valence-corrected chi connectivity index (χ3v) is 3.40. The van der Waals surface area contributed by atoms with Gasteiger partial charge >= 0.3 is 6.18 Å². The lowest BCUT2D eigenvalue weighted by Gasteiger charge is -2.16. The zero-order valence-electron chi connectivity index (χ0n) is 10.8. The largest absolute Gasteiger partial charge is 0.416 e. The maximum atomic E-state index is 12.6. The summed E-state index contributed by atoms with van der Waals surface area (Å²) in [6.07, 6.45) is -3.46. The van der Waals surface area contributed by atoms with Crippen molar-refractivity contribution in [2.75, 3.05) is 18.4 Å². The first-order chi connectivity index (χ1) is 9.77. The summed E-state index contributed by atoms with van der Waals surface area (Å²) in [5, 5.41) is 2.31. The number of amides is 2. The Labute approximate surface area is 123 Å². The van der Waals surface area contributed by atoms with E-state index >= 15 is 0 Å². The summed E-state index contributed by atoms with van der Waals surface area (Å²) in [4.78, 5) is 24.5. The van der Waals surface area contributed by atoms with E-state index in [1.165, 1.54) is 4.90 Å². The molecule has 0 bridgehead atoms. The maximum absolute atomic E-state index is 12.6. The number of benzene rings is 1. The standard InChI is InChI=1S/C13H12ClF3N2O2/c14-9-4-3-8(13(15,16)17)6-10(9)18-11(20)7-19-5-1-2-12(19)21/h3-4,6H,1-2,5,7H2,(H,18,20). The van der Waals surface area contributed by atoms with Crippen LogP contribution < -0.4 is 5.32 Å². The van der Waals surface area contributed by atoms with E-state index in [4.69, 9.17) is 11.6 Å². The predicted octanol–water partition coefficient (Wildman–Crippen LogP) is 2.92. The predicted molar refractivity (Wildman–Crippen MR) is 70.9 cm³/mol. The Kier molecular flexibility index (Phi) is 4.41. The van der Waals surface area contributed by atoms with E-state index < -0.39 is 17.6 Å². The van der Waals surface area contributed by atoms with Crippen LogP contribution in [-0.2, 0) is 15.8 Å². The Morgan fingerprint density at radius 3 is 2.67 bits per heavy atom. The Hall–Kier alpha value is -1.76. The van der Waals surface area contributed by atoms with E-state index in [9.17, 15) is 22.8 Å². The Bertz CT molecular complexity index is 575. The third kappa shape index (κ3) is 3.87. The van der Waals surface area contributed by atoms with Gasteiger partial charge in [0.15, 0.2) is 0 Å². The molecule has 2 rings (SSSR count). The molecule has 1 aliphatic heterocycles. The molecule has 4 nitrogen and oxygen atoms in total. The first-order valence-corrected chi connectivity index (χ1v) is 6.59. The van der Waals surface area contributed by atoms with E-state index in [-0.39, 0.29) is 23.2 Å². The summed E-state index contributed by atoms with van der Waals surface area (Å²) in [5.41, 5.74) is -1.03. The molecule has 0 spiro atoms. The monoisotopic (exact) mass is 320 g/mol. The number of likely N-dealkylation sites (tertiary alicyclic amines) is 1. The highest BCUT2D eigenvalue weighted by atomic mass is 35.5. The van der Waals surface area contributed by atoms with E-state index in [0.717, 1.165) is 18.2 Å². The van der Waals surface area contributed by atoms with Gasteiger partial charge in [-0.15, -0.1) is 0 Å². The number of anilines is 1. The van der Waals surface area contributed by atoms with E-state index in [2.05, 4.69) is 5.32 Å². The number of hydrogen-bond donors (Lipinski definition) is 1. The number of alkyl halides is 3. The summed E-state index contributed by atoms with van der Waals surface area (Å²) < 4.78 is 37.8. The second-order valence-corrected chi connectivity index (χ2v) is 5.07. The van der Waals surface area contributed by atoms with Crippen molar-refractivity contribution < 1.29 is 22.8 Å². The van der Waals surface area contributed by atoms with Crippen molar-refractivity contribution in [2.24, 2.45) is 0 Å². The highest BCUT2D eigenvalue weighted by Gasteiger charge is 2.31. The van der Waals surface area contributed by atoms with Crippen molar-refractivity contribution in [2.45, 2.75) is 19.0 Å². The van der Waals surface area contributed by atoms with Crippen molar-refractivity contribution in [1.82, 2.24) is 4.90 Å². The molecule has 1 heterocycles. The number of nitrogens with one attached hydrogen (secondary N) is 1. The molecule has 0 aromatic heterocycles. The Morgan fingerprint density at radius 2 is 2.10 bits per heavy atom. The molecule has 1 saturated heterocycles. The smallest absolute Gasteiger partial charge is 0.333 e. The lowest BCUT2D eigenvalue weighted by Crippen LogP contribution is -2.34. The second-order valence-electron chi connectivity index (χ2n) is 4.66. The lowest BCUT2D eigenvalue weighted by atomic mass is 10.2. The van der Waals surface area contributed by atoms with Gasteiger partial charge in [-0.25, -0.2) is 0 Å². The van der Waals surface area contributed by atoms with Crippen LogP contribution in [0.3, 0.4) is 0 Å². The summed E-state index contributed by atoms with van der Waals surface area (Å²) in [5.74, 6) is -0.716. The fourth-order valence-corrected chi connectivity index (χ4v) is 2.20. The molecule has 2 amide bonds. The highest BCUT2D eigenvalue weighted by Crippen LogP contribution is 2.33. The fraction of sp³-hybridized carbons (Fsp3) is 0.385. The van der Waals surface area contributed by atoms with E-state index in [1.54, 1.807) is 0 Å². The number of carbonyl (C=O) groups is 2. The summed E-state index contributed by atoms with van der Waals surface area (Å²) in [7, 11) is 0. The quantitative estimate of drug-likeness (QED) is 0.931. The van der Waals surface area contributed by atoms with Crippen molar-refractivity contribution in [3.8, 4) is 0 Å². The zero-order valence-corrected chi connectivity index (χ0v) is 11.6. The third-order valence-electron chi connectivity index (χ3n) is 3.07. The number of halogens is 4. The normalized spacial score (nSPS) is 15.4. The maximum Gasteiger partial charge on any atom is 0.416 e. The molecule has 0 unspecified atom stereocenters. The molecule has 21 heavy (non-hydrogen) atoms. The minimum absolute atomic E-state index is 0.00379. The minimum Gasteiger partial charge on any atom is -0.333 e. The van der Waals surface area contributed by atoms with Crippen LogP contribution in [0.1, 0.15) is 18.4 Å². The molecule has 0 radical (unpaired) electrons. The minimum atomic E-state index is -4.52. The van der Waals surface area contributed by atoms with Crippen LogP contribution in [-0.4, -0.2) is 29.8 Å². The molecule has 114 valence electrons. The number of hydrogen-bond acceptors (Lipinski definition) is 2. The van der Waals surface area contributed by atoms with Gasteiger partial charge < -0.3 is 10.2 Å². The van der Waals surface area contributed by atoms with Crippen LogP contribution in [0.15, 0.2) is 18.2 Å². The number of carbonyl (C=O) groups excluding carboxylic acids is 2. The molecule has 0 aliphatic carbocycles. The summed E-state index contributed by atoms with van der Waals surface area (Å²) >= 11 is 5.77. The molecule has 0 saturated carbocycles. The highest BCUT2D eigenvalue weighted by molar-refractivity contribution is 6.33. The topological polar surface area (TPSA) is 49.4 Å². The van der Waals surface area contributed by atoms with Crippen LogP contribution in [0, 0.1) is 0 Å². The molecule has 1 aromatic carbocycles. The van der Waals surface area contributed by atoms with Gasteiger partial charge in [0.05, 0.1) is 22.8 Å². The average Bonchev–Trinajstić information content (AvgIpc) is 2.76. The van der Waals surface area contributed by atoms with Crippen LogP contribution in [0.5, 0.6) is 0 Å². The summed E-state index contributed by atoms with van der Waals surface area (Å²) in [6.45, 7) is 0.286. The number of rotatable bonds is 3. The number of nitrogens with zero attached hydrogens (tertiary/aromatic N) is 1. The molecule has 1 aromatic rings. The Balaban J connectivity index is 2.08. The van der Waals surface area contributed by atoms with Crippen LogP contribution >= 0.6 is 11.6 Å². The molecule has 1 fully saturated rings. The average molecular weight is 321 g/mol. The van der Waals surface area contributed by atoms with Crippen molar-refractivity contribution in [3.63, 3.8) is 0 Å². The molecule has 8 heteroatoms. The molecule has 0 atom stereocenters. The first kappa shape index (κ1) is 15.6.